The highest BCUT2D eigenvalue weighted by Crippen LogP contribution is 2.37. The van der Waals surface area contributed by atoms with Gasteiger partial charge in [0.1, 0.15) is 12.4 Å². The number of aromatic nitrogens is 2. The first-order chi connectivity index (χ1) is 10.1. The Hall–Kier alpha value is -2.54. The van der Waals surface area contributed by atoms with Crippen LogP contribution in [0.25, 0.3) is 11.3 Å². The Morgan fingerprint density at radius 3 is 2.57 bits per heavy atom. The summed E-state index contributed by atoms with van der Waals surface area (Å²) in [5.74, 6) is 1.36. The Bertz CT molecular complexity index is 697. The first-order valence-corrected chi connectivity index (χ1v) is 6.20. The Labute approximate surface area is 121 Å². The molecule has 0 atom stereocenters. The fourth-order valence-corrected chi connectivity index (χ4v) is 2.00. The number of H-pyrrole nitrogens is 1. The molecule has 0 radical (unpaired) electrons. The lowest BCUT2D eigenvalue weighted by Gasteiger charge is -2.12. The van der Waals surface area contributed by atoms with Gasteiger partial charge in [0.15, 0.2) is 11.5 Å². The zero-order valence-electron chi connectivity index (χ0n) is 12.1. The van der Waals surface area contributed by atoms with Crippen molar-refractivity contribution in [1.29, 1.82) is 0 Å². The van der Waals surface area contributed by atoms with Crippen LogP contribution in [0.15, 0.2) is 23.0 Å². The number of aromatic amines is 1. The molecule has 2 rings (SSSR count). The van der Waals surface area contributed by atoms with E-state index in [9.17, 15) is 4.79 Å². The molecule has 3 N–H and O–H groups in total. The third kappa shape index (κ3) is 3.14. The molecule has 7 nitrogen and oxygen atoms in total. The maximum atomic E-state index is 11.7. The summed E-state index contributed by atoms with van der Waals surface area (Å²) in [6.07, 6.45) is 0. The molecule has 0 unspecified atom stereocenters. The van der Waals surface area contributed by atoms with E-state index in [-0.39, 0.29) is 12.2 Å². The van der Waals surface area contributed by atoms with E-state index in [0.717, 1.165) is 0 Å². The minimum Gasteiger partial charge on any atom is -0.493 e. The number of rotatable bonds is 5. The molecule has 0 amide bonds. The standard InChI is InChI=1S/C14H17N3O4/c1-19-7-12-16-10(6-13(18)17-12)8-4-9(15)14(21-3)11(5-8)20-2/h4-6H,7,15H2,1-3H3,(H,16,17,18). The fraction of sp³-hybridized carbons (Fsp3) is 0.286. The van der Waals surface area contributed by atoms with Crippen LogP contribution >= 0.6 is 0 Å². The molecule has 21 heavy (non-hydrogen) atoms. The van der Waals surface area contributed by atoms with Crippen molar-refractivity contribution in [3.05, 3.63) is 34.4 Å². The van der Waals surface area contributed by atoms with Gasteiger partial charge in [-0.1, -0.05) is 0 Å². The smallest absolute Gasteiger partial charge is 0.251 e. The van der Waals surface area contributed by atoms with Gasteiger partial charge in [0.25, 0.3) is 5.56 Å². The summed E-state index contributed by atoms with van der Waals surface area (Å²) < 4.78 is 15.4. The number of nitrogens with zero attached hydrogens (tertiary/aromatic N) is 1. The third-order valence-electron chi connectivity index (χ3n) is 2.88. The number of methoxy groups -OCH3 is 3. The fourth-order valence-electron chi connectivity index (χ4n) is 2.00. The average molecular weight is 291 g/mol. The van der Waals surface area contributed by atoms with Gasteiger partial charge in [-0.05, 0) is 12.1 Å². The highest BCUT2D eigenvalue weighted by atomic mass is 16.5. The zero-order valence-corrected chi connectivity index (χ0v) is 12.1. The quantitative estimate of drug-likeness (QED) is 0.803. The third-order valence-corrected chi connectivity index (χ3v) is 2.88. The van der Waals surface area contributed by atoms with Gasteiger partial charge in [-0.15, -0.1) is 0 Å². The average Bonchev–Trinajstić information content (AvgIpc) is 2.46. The second-order valence-corrected chi connectivity index (χ2v) is 4.31. The van der Waals surface area contributed by atoms with Gasteiger partial charge < -0.3 is 24.9 Å². The lowest BCUT2D eigenvalue weighted by molar-refractivity contribution is 0.177. The van der Waals surface area contributed by atoms with Gasteiger partial charge in [0.05, 0.1) is 25.6 Å². The summed E-state index contributed by atoms with van der Waals surface area (Å²) >= 11 is 0. The molecule has 0 saturated carbocycles. The molecule has 0 saturated heterocycles. The molecule has 112 valence electrons. The number of benzene rings is 1. The number of hydrogen-bond acceptors (Lipinski definition) is 6. The molecule has 0 spiro atoms. The highest BCUT2D eigenvalue weighted by Gasteiger charge is 2.13. The van der Waals surface area contributed by atoms with Gasteiger partial charge in [0, 0.05) is 18.7 Å². The SMILES string of the molecule is COCc1nc(-c2cc(N)c(OC)c(OC)c2)cc(=O)[nH]1. The monoisotopic (exact) mass is 291 g/mol. The van der Waals surface area contributed by atoms with E-state index in [1.54, 1.807) is 12.1 Å². The van der Waals surface area contributed by atoms with Crippen molar-refractivity contribution in [2.24, 2.45) is 0 Å². The second kappa shape index (κ2) is 6.27. The van der Waals surface area contributed by atoms with Crippen LogP contribution in [0, 0.1) is 0 Å². The molecule has 0 bridgehead atoms. The Morgan fingerprint density at radius 2 is 1.95 bits per heavy atom. The van der Waals surface area contributed by atoms with Crippen molar-refractivity contribution >= 4 is 5.69 Å². The van der Waals surface area contributed by atoms with Crippen molar-refractivity contribution in [3.8, 4) is 22.8 Å². The van der Waals surface area contributed by atoms with E-state index in [1.807, 2.05) is 0 Å². The van der Waals surface area contributed by atoms with E-state index >= 15 is 0 Å². The molecule has 0 fully saturated rings. The predicted molar refractivity (Wildman–Crippen MR) is 78.5 cm³/mol. The van der Waals surface area contributed by atoms with E-state index in [0.29, 0.717) is 34.3 Å². The lowest BCUT2D eigenvalue weighted by atomic mass is 10.1. The molecule has 1 aromatic carbocycles. The lowest BCUT2D eigenvalue weighted by Crippen LogP contribution is -2.11. The number of anilines is 1. The first kappa shape index (κ1) is 14.9. The summed E-state index contributed by atoms with van der Waals surface area (Å²) in [5, 5.41) is 0. The van der Waals surface area contributed by atoms with Gasteiger partial charge in [0.2, 0.25) is 0 Å². The molecule has 1 aromatic heterocycles. The molecule has 0 aliphatic carbocycles. The zero-order chi connectivity index (χ0) is 15.4. The predicted octanol–water partition coefficient (Wildman–Crippen LogP) is 1.18. The van der Waals surface area contributed by atoms with Gasteiger partial charge in [-0.2, -0.15) is 0 Å². The van der Waals surface area contributed by atoms with Crippen LogP contribution in [0.1, 0.15) is 5.82 Å². The summed E-state index contributed by atoms with van der Waals surface area (Å²) in [4.78, 5) is 18.6. The van der Waals surface area contributed by atoms with Crippen LogP contribution in [0.4, 0.5) is 5.69 Å². The topological polar surface area (TPSA) is 99.5 Å². The van der Waals surface area contributed by atoms with Crippen molar-refractivity contribution in [2.45, 2.75) is 6.61 Å². The second-order valence-electron chi connectivity index (χ2n) is 4.31. The van der Waals surface area contributed by atoms with E-state index in [4.69, 9.17) is 19.9 Å². The number of nitrogens with one attached hydrogen (secondary N) is 1. The van der Waals surface area contributed by atoms with Crippen molar-refractivity contribution in [2.75, 3.05) is 27.1 Å². The van der Waals surface area contributed by atoms with Crippen LogP contribution in [0.3, 0.4) is 0 Å². The Morgan fingerprint density at radius 1 is 1.19 bits per heavy atom. The highest BCUT2D eigenvalue weighted by molar-refractivity contribution is 5.73. The molecule has 7 heteroatoms. The van der Waals surface area contributed by atoms with Gasteiger partial charge >= 0.3 is 0 Å². The molecule has 0 aliphatic rings. The summed E-state index contributed by atoms with van der Waals surface area (Å²) in [7, 11) is 4.56. The Balaban J connectivity index is 2.56. The van der Waals surface area contributed by atoms with Gasteiger partial charge in [-0.25, -0.2) is 4.98 Å². The molecule has 2 aromatic rings. The van der Waals surface area contributed by atoms with Crippen LogP contribution in [-0.4, -0.2) is 31.3 Å². The minimum absolute atomic E-state index is 0.214. The van der Waals surface area contributed by atoms with Crippen molar-refractivity contribution < 1.29 is 14.2 Å². The largest absolute Gasteiger partial charge is 0.493 e. The summed E-state index contributed by atoms with van der Waals surface area (Å²) in [5.41, 5.74) is 7.22. The Kier molecular flexibility index (Phi) is 4.44. The van der Waals surface area contributed by atoms with E-state index in [1.165, 1.54) is 27.4 Å². The molecular weight excluding hydrogens is 274 g/mol. The maximum absolute atomic E-state index is 11.7. The maximum Gasteiger partial charge on any atom is 0.251 e. The molecule has 0 aliphatic heterocycles. The van der Waals surface area contributed by atoms with E-state index in [2.05, 4.69) is 9.97 Å². The number of nitrogen functional groups attached to an aromatic ring is 1. The normalized spacial score (nSPS) is 10.4. The molecule has 1 heterocycles. The summed E-state index contributed by atoms with van der Waals surface area (Å²) in [6.45, 7) is 0.214. The van der Waals surface area contributed by atoms with Crippen LogP contribution < -0.4 is 20.8 Å². The van der Waals surface area contributed by atoms with Crippen LogP contribution in [0.2, 0.25) is 0 Å². The van der Waals surface area contributed by atoms with Gasteiger partial charge in [-0.3, -0.25) is 4.79 Å². The summed E-state index contributed by atoms with van der Waals surface area (Å²) in [6, 6.07) is 4.78. The number of hydrogen-bond donors (Lipinski definition) is 2. The first-order valence-electron chi connectivity index (χ1n) is 6.20. The minimum atomic E-state index is -0.264. The number of ether oxygens (including phenoxy) is 3. The molecular formula is C14H17N3O4. The number of nitrogens with two attached hydrogens (primary N) is 1. The van der Waals surface area contributed by atoms with Crippen LogP contribution in [-0.2, 0) is 11.3 Å². The van der Waals surface area contributed by atoms with Crippen molar-refractivity contribution in [3.63, 3.8) is 0 Å². The van der Waals surface area contributed by atoms with Crippen molar-refractivity contribution in [1.82, 2.24) is 9.97 Å². The van der Waals surface area contributed by atoms with Crippen LogP contribution in [0.5, 0.6) is 11.5 Å². The van der Waals surface area contributed by atoms with E-state index < -0.39 is 0 Å².